The van der Waals surface area contributed by atoms with Gasteiger partial charge in [0.15, 0.2) is 0 Å². The van der Waals surface area contributed by atoms with E-state index in [-0.39, 0.29) is 5.97 Å². The van der Waals surface area contributed by atoms with Gasteiger partial charge in [-0.2, -0.15) is 0 Å². The fourth-order valence-electron chi connectivity index (χ4n) is 0.986. The summed E-state index contributed by atoms with van der Waals surface area (Å²) in [7, 11) is 0. The Morgan fingerprint density at radius 3 is 2.38 bits per heavy atom. The zero-order valence-corrected chi connectivity index (χ0v) is 9.69. The van der Waals surface area contributed by atoms with Crippen molar-refractivity contribution < 1.29 is 19.4 Å². The first-order valence-corrected chi connectivity index (χ1v) is 4.90. The van der Waals surface area contributed by atoms with Crippen LogP contribution < -0.4 is 0 Å². The molecule has 0 aliphatic heterocycles. The average molecular weight is 224 g/mol. The van der Waals surface area contributed by atoms with Gasteiger partial charge < -0.3 is 9.84 Å². The summed E-state index contributed by atoms with van der Waals surface area (Å²) in [5, 5.41) is 7.42. The van der Waals surface area contributed by atoms with Crippen LogP contribution in [0.15, 0.2) is 24.3 Å². The van der Waals surface area contributed by atoms with E-state index in [9.17, 15) is 4.79 Å². The Hall–Kier alpha value is -1.84. The lowest BCUT2D eigenvalue weighted by Gasteiger charge is -2.01. The number of benzene rings is 1. The van der Waals surface area contributed by atoms with Crippen molar-refractivity contribution in [3.63, 3.8) is 0 Å². The van der Waals surface area contributed by atoms with Crippen LogP contribution in [0.1, 0.15) is 29.8 Å². The standard InChI is InChI=1S/C10H12O2.C2H4O2/c1-3-12-10(11)9-6-4-5-8(2)7-9;1-2(3)4/h4-7H,3H2,1-2H3;1H3,(H,3,4). The molecule has 0 unspecified atom stereocenters. The van der Waals surface area contributed by atoms with E-state index in [1.807, 2.05) is 25.1 Å². The molecule has 0 saturated carbocycles. The second-order valence-electron chi connectivity index (χ2n) is 3.11. The number of hydrogen-bond acceptors (Lipinski definition) is 3. The highest BCUT2D eigenvalue weighted by Gasteiger charge is 2.04. The summed E-state index contributed by atoms with van der Waals surface area (Å²) in [5.74, 6) is -1.08. The molecule has 0 atom stereocenters. The van der Waals surface area contributed by atoms with Gasteiger partial charge in [0.2, 0.25) is 0 Å². The minimum absolute atomic E-state index is 0.249. The van der Waals surface area contributed by atoms with Gasteiger partial charge in [0, 0.05) is 6.92 Å². The smallest absolute Gasteiger partial charge is 0.338 e. The topological polar surface area (TPSA) is 63.6 Å². The van der Waals surface area contributed by atoms with Crippen LogP contribution in [-0.4, -0.2) is 23.7 Å². The van der Waals surface area contributed by atoms with Crippen LogP contribution in [0.2, 0.25) is 0 Å². The summed E-state index contributed by atoms with van der Waals surface area (Å²) < 4.78 is 4.84. The molecule has 1 N–H and O–H groups in total. The molecule has 1 rings (SSSR count). The first kappa shape index (κ1) is 14.2. The van der Waals surface area contributed by atoms with Gasteiger partial charge in [0.25, 0.3) is 5.97 Å². The van der Waals surface area contributed by atoms with Gasteiger partial charge in [-0.05, 0) is 26.0 Å². The highest BCUT2D eigenvalue weighted by molar-refractivity contribution is 5.89. The SMILES string of the molecule is CC(=O)O.CCOC(=O)c1cccc(C)c1. The summed E-state index contributed by atoms with van der Waals surface area (Å²) in [4.78, 5) is 20.2. The highest BCUT2D eigenvalue weighted by Crippen LogP contribution is 2.05. The van der Waals surface area contributed by atoms with Crippen LogP contribution in [0.3, 0.4) is 0 Å². The molecular weight excluding hydrogens is 208 g/mol. The Labute approximate surface area is 94.9 Å². The minimum atomic E-state index is -0.833. The number of carbonyl (C=O) groups excluding carboxylic acids is 1. The molecule has 0 aromatic heterocycles. The van der Waals surface area contributed by atoms with Gasteiger partial charge in [-0.25, -0.2) is 4.79 Å². The van der Waals surface area contributed by atoms with Crippen molar-refractivity contribution in [2.45, 2.75) is 20.8 Å². The molecule has 0 fully saturated rings. The largest absolute Gasteiger partial charge is 0.481 e. The highest BCUT2D eigenvalue weighted by atomic mass is 16.5. The van der Waals surface area contributed by atoms with Crippen molar-refractivity contribution in [1.82, 2.24) is 0 Å². The zero-order valence-electron chi connectivity index (χ0n) is 9.69. The van der Waals surface area contributed by atoms with E-state index in [2.05, 4.69) is 0 Å². The third kappa shape index (κ3) is 6.59. The maximum atomic E-state index is 11.2. The van der Waals surface area contributed by atoms with E-state index >= 15 is 0 Å². The van der Waals surface area contributed by atoms with Gasteiger partial charge >= 0.3 is 5.97 Å². The molecule has 0 amide bonds. The molecule has 0 aliphatic carbocycles. The maximum absolute atomic E-state index is 11.2. The number of carbonyl (C=O) groups is 2. The second-order valence-corrected chi connectivity index (χ2v) is 3.11. The fraction of sp³-hybridized carbons (Fsp3) is 0.333. The Bertz CT molecular complexity index is 354. The van der Waals surface area contributed by atoms with Crippen LogP contribution in [0.25, 0.3) is 0 Å². The van der Waals surface area contributed by atoms with Crippen molar-refractivity contribution >= 4 is 11.9 Å². The van der Waals surface area contributed by atoms with Crippen molar-refractivity contribution in [1.29, 1.82) is 0 Å². The maximum Gasteiger partial charge on any atom is 0.338 e. The molecule has 0 spiro atoms. The fourth-order valence-corrected chi connectivity index (χ4v) is 0.986. The molecule has 1 aromatic carbocycles. The van der Waals surface area contributed by atoms with Gasteiger partial charge in [0.1, 0.15) is 0 Å². The van der Waals surface area contributed by atoms with Gasteiger partial charge in [-0.1, -0.05) is 17.7 Å². The molecule has 0 aliphatic rings. The molecule has 4 heteroatoms. The van der Waals surface area contributed by atoms with Gasteiger partial charge in [-0.3, -0.25) is 4.79 Å². The molecule has 4 nitrogen and oxygen atoms in total. The van der Waals surface area contributed by atoms with Crippen LogP contribution in [-0.2, 0) is 9.53 Å². The summed E-state index contributed by atoms with van der Waals surface area (Å²) in [6, 6.07) is 7.37. The number of aryl methyl sites for hydroxylation is 1. The minimum Gasteiger partial charge on any atom is -0.481 e. The summed E-state index contributed by atoms with van der Waals surface area (Å²) in [6.45, 7) is 5.25. The number of ether oxygens (including phenoxy) is 1. The van der Waals surface area contributed by atoms with E-state index in [0.717, 1.165) is 12.5 Å². The third-order valence-electron chi connectivity index (χ3n) is 1.53. The van der Waals surface area contributed by atoms with Crippen LogP contribution in [0.5, 0.6) is 0 Å². The van der Waals surface area contributed by atoms with E-state index in [1.54, 1.807) is 13.0 Å². The van der Waals surface area contributed by atoms with Crippen LogP contribution in [0.4, 0.5) is 0 Å². The molecule has 1 aromatic rings. The lowest BCUT2D eigenvalue weighted by atomic mass is 10.1. The van der Waals surface area contributed by atoms with Crippen molar-refractivity contribution in [3.8, 4) is 0 Å². The molecule has 0 saturated heterocycles. The van der Waals surface area contributed by atoms with E-state index in [4.69, 9.17) is 14.6 Å². The number of carboxylic acids is 1. The lowest BCUT2D eigenvalue weighted by Crippen LogP contribution is -2.04. The normalized spacial score (nSPS) is 8.69. The molecule has 0 bridgehead atoms. The van der Waals surface area contributed by atoms with E-state index in [1.165, 1.54) is 0 Å². The number of rotatable bonds is 2. The number of aliphatic carboxylic acids is 1. The number of carboxylic acid groups (broad SMARTS) is 1. The van der Waals surface area contributed by atoms with Crippen LogP contribution >= 0.6 is 0 Å². The van der Waals surface area contributed by atoms with E-state index < -0.39 is 5.97 Å². The Morgan fingerprint density at radius 1 is 1.38 bits per heavy atom. The van der Waals surface area contributed by atoms with Crippen molar-refractivity contribution in [2.24, 2.45) is 0 Å². The average Bonchev–Trinajstić information content (AvgIpc) is 2.17. The first-order valence-electron chi connectivity index (χ1n) is 4.90. The summed E-state index contributed by atoms with van der Waals surface area (Å²) >= 11 is 0. The molecular formula is C12H16O4. The Balaban J connectivity index is 0.000000487. The zero-order chi connectivity index (χ0) is 12.6. The quantitative estimate of drug-likeness (QED) is 0.782. The monoisotopic (exact) mass is 224 g/mol. The molecule has 0 heterocycles. The number of hydrogen-bond donors (Lipinski definition) is 1. The predicted octanol–water partition coefficient (Wildman–Crippen LogP) is 2.26. The third-order valence-corrected chi connectivity index (χ3v) is 1.53. The number of esters is 1. The Kier molecular flexibility index (Phi) is 6.59. The molecule has 0 radical (unpaired) electrons. The van der Waals surface area contributed by atoms with Crippen molar-refractivity contribution in [2.75, 3.05) is 6.61 Å². The van der Waals surface area contributed by atoms with Crippen molar-refractivity contribution in [3.05, 3.63) is 35.4 Å². The summed E-state index contributed by atoms with van der Waals surface area (Å²) in [6.07, 6.45) is 0. The van der Waals surface area contributed by atoms with Gasteiger partial charge in [0.05, 0.1) is 12.2 Å². The predicted molar refractivity (Wildman–Crippen MR) is 60.4 cm³/mol. The molecule has 88 valence electrons. The van der Waals surface area contributed by atoms with Crippen LogP contribution in [0, 0.1) is 6.92 Å². The van der Waals surface area contributed by atoms with Gasteiger partial charge in [-0.15, -0.1) is 0 Å². The lowest BCUT2D eigenvalue weighted by molar-refractivity contribution is -0.134. The summed E-state index contributed by atoms with van der Waals surface area (Å²) in [5.41, 5.74) is 1.69. The second kappa shape index (κ2) is 7.45. The van der Waals surface area contributed by atoms with E-state index in [0.29, 0.717) is 12.2 Å². The molecule has 16 heavy (non-hydrogen) atoms. The Morgan fingerprint density at radius 2 is 1.94 bits per heavy atom. The first-order chi connectivity index (χ1) is 7.47.